The van der Waals surface area contributed by atoms with E-state index >= 15 is 0 Å². The van der Waals surface area contributed by atoms with Crippen molar-refractivity contribution in [2.24, 2.45) is 11.7 Å². The minimum Gasteiger partial charge on any atom is -0.326 e. The van der Waals surface area contributed by atoms with Gasteiger partial charge < -0.3 is 5.73 Å². The molecule has 1 heterocycles. The molecule has 2 atom stereocenters. The largest absolute Gasteiger partial charge is 0.326 e. The molecule has 0 amide bonds. The first-order chi connectivity index (χ1) is 5.77. The van der Waals surface area contributed by atoms with Gasteiger partial charge in [0.25, 0.3) is 0 Å². The lowest BCUT2D eigenvalue weighted by Crippen LogP contribution is -2.33. The predicted octanol–water partition coefficient (Wildman–Crippen LogP) is 1.21. The summed E-state index contributed by atoms with van der Waals surface area (Å²) in [5.74, 6) is 0.714. The Balaban J connectivity index is 1.89. The Morgan fingerprint density at radius 2 is 1.83 bits per heavy atom. The molecule has 0 aromatic heterocycles. The van der Waals surface area contributed by atoms with Crippen LogP contribution in [0.2, 0.25) is 0 Å². The molecule has 2 unspecified atom stereocenters. The predicted molar refractivity (Wildman–Crippen MR) is 51.0 cm³/mol. The lowest BCUT2D eigenvalue weighted by atomic mass is 10.1. The maximum atomic E-state index is 5.99. The van der Waals surface area contributed by atoms with Crippen LogP contribution in [0.15, 0.2) is 0 Å². The van der Waals surface area contributed by atoms with Gasteiger partial charge in [-0.1, -0.05) is 19.8 Å². The van der Waals surface area contributed by atoms with Gasteiger partial charge in [0.1, 0.15) is 0 Å². The van der Waals surface area contributed by atoms with E-state index in [4.69, 9.17) is 5.73 Å². The second-order valence-corrected chi connectivity index (χ2v) is 4.53. The monoisotopic (exact) mass is 168 g/mol. The average Bonchev–Trinajstić information content (AvgIpc) is 2.61. The summed E-state index contributed by atoms with van der Waals surface area (Å²) >= 11 is 0. The van der Waals surface area contributed by atoms with Gasteiger partial charge in [0.15, 0.2) is 0 Å². The van der Waals surface area contributed by atoms with E-state index in [0.29, 0.717) is 12.0 Å². The number of nitrogens with two attached hydrogens (primary N) is 1. The van der Waals surface area contributed by atoms with Crippen molar-refractivity contribution in [3.63, 3.8) is 0 Å². The highest BCUT2D eigenvalue weighted by Gasteiger charge is 2.32. The van der Waals surface area contributed by atoms with Crippen molar-refractivity contribution >= 4 is 0 Å². The van der Waals surface area contributed by atoms with Crippen molar-refractivity contribution in [2.75, 3.05) is 13.1 Å². The van der Waals surface area contributed by atoms with Crippen molar-refractivity contribution in [1.29, 1.82) is 0 Å². The molecule has 1 saturated carbocycles. The minimum absolute atomic E-state index is 0.436. The first kappa shape index (κ1) is 8.52. The minimum atomic E-state index is 0.436. The fourth-order valence-electron chi connectivity index (χ4n) is 2.60. The summed E-state index contributed by atoms with van der Waals surface area (Å²) in [7, 11) is 0. The van der Waals surface area contributed by atoms with Crippen molar-refractivity contribution in [3.05, 3.63) is 0 Å². The normalized spacial score (nSPS) is 39.5. The van der Waals surface area contributed by atoms with Gasteiger partial charge in [0.2, 0.25) is 0 Å². The van der Waals surface area contributed by atoms with E-state index in [0.717, 1.165) is 12.6 Å². The molecule has 2 heteroatoms. The van der Waals surface area contributed by atoms with Crippen molar-refractivity contribution in [3.8, 4) is 0 Å². The lowest BCUT2D eigenvalue weighted by molar-refractivity contribution is 0.238. The first-order valence-electron chi connectivity index (χ1n) is 5.27. The van der Waals surface area contributed by atoms with E-state index in [1.165, 1.54) is 32.2 Å². The Kier molecular flexibility index (Phi) is 2.37. The molecule has 0 aromatic rings. The molecule has 12 heavy (non-hydrogen) atoms. The zero-order valence-corrected chi connectivity index (χ0v) is 8.00. The third-order valence-electron chi connectivity index (χ3n) is 3.54. The number of hydrogen-bond donors (Lipinski definition) is 1. The second-order valence-electron chi connectivity index (χ2n) is 4.53. The number of hydrogen-bond acceptors (Lipinski definition) is 2. The Labute approximate surface area is 75.1 Å². The van der Waals surface area contributed by atoms with Gasteiger partial charge in [-0.05, 0) is 18.8 Å². The average molecular weight is 168 g/mol. The molecular weight excluding hydrogens is 148 g/mol. The smallest absolute Gasteiger partial charge is 0.0206 e. The standard InChI is InChI=1S/C10H20N2/c1-8-6-12(7-10(8)11)9-4-2-3-5-9/h8-10H,2-7,11H2,1H3. The van der Waals surface area contributed by atoms with E-state index in [1.807, 2.05) is 0 Å². The highest BCUT2D eigenvalue weighted by atomic mass is 15.2. The van der Waals surface area contributed by atoms with Gasteiger partial charge in [0, 0.05) is 25.2 Å². The topological polar surface area (TPSA) is 29.3 Å². The molecular formula is C10H20N2. The number of likely N-dealkylation sites (tertiary alicyclic amines) is 1. The van der Waals surface area contributed by atoms with Crippen LogP contribution < -0.4 is 5.73 Å². The van der Waals surface area contributed by atoms with Crippen LogP contribution in [-0.2, 0) is 0 Å². The number of nitrogens with zero attached hydrogens (tertiary/aromatic N) is 1. The molecule has 0 radical (unpaired) electrons. The van der Waals surface area contributed by atoms with Crippen LogP contribution in [0.3, 0.4) is 0 Å². The zero-order valence-electron chi connectivity index (χ0n) is 8.00. The highest BCUT2D eigenvalue weighted by Crippen LogP contribution is 2.27. The summed E-state index contributed by atoms with van der Waals surface area (Å²) < 4.78 is 0. The molecule has 1 aliphatic heterocycles. The molecule has 2 fully saturated rings. The molecule has 2 aliphatic rings. The number of rotatable bonds is 1. The molecule has 70 valence electrons. The quantitative estimate of drug-likeness (QED) is 0.637. The third kappa shape index (κ3) is 1.50. The Morgan fingerprint density at radius 1 is 1.17 bits per heavy atom. The van der Waals surface area contributed by atoms with E-state index in [9.17, 15) is 0 Å². The lowest BCUT2D eigenvalue weighted by Gasteiger charge is -2.22. The summed E-state index contributed by atoms with van der Waals surface area (Å²) in [6.07, 6.45) is 5.70. The zero-order chi connectivity index (χ0) is 8.55. The molecule has 0 aromatic carbocycles. The van der Waals surface area contributed by atoms with Gasteiger partial charge in [-0.25, -0.2) is 0 Å². The van der Waals surface area contributed by atoms with Crippen LogP contribution in [0, 0.1) is 5.92 Å². The Hall–Kier alpha value is -0.0800. The SMILES string of the molecule is CC1CN(C2CCCC2)CC1N. The van der Waals surface area contributed by atoms with E-state index in [2.05, 4.69) is 11.8 Å². The molecule has 2 nitrogen and oxygen atoms in total. The van der Waals surface area contributed by atoms with Crippen molar-refractivity contribution in [2.45, 2.75) is 44.7 Å². The van der Waals surface area contributed by atoms with E-state index in [-0.39, 0.29) is 0 Å². The van der Waals surface area contributed by atoms with Crippen LogP contribution in [0.25, 0.3) is 0 Å². The van der Waals surface area contributed by atoms with Gasteiger partial charge in [-0.3, -0.25) is 4.90 Å². The maximum absolute atomic E-state index is 5.99. The summed E-state index contributed by atoms with van der Waals surface area (Å²) in [6.45, 7) is 4.66. The highest BCUT2D eigenvalue weighted by molar-refractivity contribution is 4.89. The van der Waals surface area contributed by atoms with Crippen LogP contribution in [0.5, 0.6) is 0 Å². The fourth-order valence-corrected chi connectivity index (χ4v) is 2.60. The van der Waals surface area contributed by atoms with E-state index < -0.39 is 0 Å². The first-order valence-corrected chi connectivity index (χ1v) is 5.27. The van der Waals surface area contributed by atoms with Gasteiger partial charge in [-0.2, -0.15) is 0 Å². The Morgan fingerprint density at radius 3 is 2.33 bits per heavy atom. The summed E-state index contributed by atoms with van der Waals surface area (Å²) in [5.41, 5.74) is 5.99. The van der Waals surface area contributed by atoms with Gasteiger partial charge >= 0.3 is 0 Å². The molecule has 0 spiro atoms. The second kappa shape index (κ2) is 3.35. The van der Waals surface area contributed by atoms with Crippen molar-refractivity contribution < 1.29 is 0 Å². The van der Waals surface area contributed by atoms with Crippen molar-refractivity contribution in [1.82, 2.24) is 4.90 Å². The third-order valence-corrected chi connectivity index (χ3v) is 3.54. The summed E-state index contributed by atoms with van der Waals surface area (Å²) in [4.78, 5) is 2.61. The molecule has 0 bridgehead atoms. The fraction of sp³-hybridized carbons (Fsp3) is 1.00. The van der Waals surface area contributed by atoms with Crippen LogP contribution >= 0.6 is 0 Å². The Bertz CT molecular complexity index is 142. The van der Waals surface area contributed by atoms with E-state index in [1.54, 1.807) is 0 Å². The summed E-state index contributed by atoms with van der Waals surface area (Å²) in [6, 6.07) is 1.31. The summed E-state index contributed by atoms with van der Waals surface area (Å²) in [5, 5.41) is 0. The maximum Gasteiger partial charge on any atom is 0.0206 e. The molecule has 1 saturated heterocycles. The van der Waals surface area contributed by atoms with Crippen LogP contribution in [0.4, 0.5) is 0 Å². The van der Waals surface area contributed by atoms with Gasteiger partial charge in [-0.15, -0.1) is 0 Å². The molecule has 2 N–H and O–H groups in total. The van der Waals surface area contributed by atoms with Crippen LogP contribution in [0.1, 0.15) is 32.6 Å². The van der Waals surface area contributed by atoms with Gasteiger partial charge in [0.05, 0.1) is 0 Å². The molecule has 2 rings (SSSR count). The van der Waals surface area contributed by atoms with Crippen LogP contribution in [-0.4, -0.2) is 30.1 Å². The molecule has 1 aliphatic carbocycles.